The number of hydrogen-bond acceptors (Lipinski definition) is 4. The summed E-state index contributed by atoms with van der Waals surface area (Å²) in [5.41, 5.74) is 3.57. The number of rotatable bonds is 4. The van der Waals surface area contributed by atoms with Crippen molar-refractivity contribution in [3.63, 3.8) is 0 Å². The number of pyridine rings is 2. The Bertz CT molecular complexity index is 693. The van der Waals surface area contributed by atoms with Crippen LogP contribution in [0.3, 0.4) is 0 Å². The van der Waals surface area contributed by atoms with Crippen molar-refractivity contribution in [1.82, 2.24) is 14.9 Å². The Kier molecular flexibility index (Phi) is 3.76. The molecule has 1 atom stereocenters. The third-order valence-electron chi connectivity index (χ3n) is 3.62. The van der Waals surface area contributed by atoms with Gasteiger partial charge in [-0.2, -0.15) is 0 Å². The molecular weight excluding hydrogens is 266 g/mol. The molecule has 3 aromatic rings. The highest BCUT2D eigenvalue weighted by Crippen LogP contribution is 2.23. The zero-order valence-electron chi connectivity index (χ0n) is 11.7. The average Bonchev–Trinajstić information content (AvgIpc) is 2.95. The first-order chi connectivity index (χ1) is 9.74. The van der Waals surface area contributed by atoms with E-state index in [1.807, 2.05) is 24.7 Å². The van der Waals surface area contributed by atoms with Gasteiger partial charge in [0.2, 0.25) is 0 Å². The molecule has 3 heterocycles. The molecule has 0 radical (unpaired) electrons. The van der Waals surface area contributed by atoms with Crippen molar-refractivity contribution < 1.29 is 0 Å². The van der Waals surface area contributed by atoms with E-state index in [0.29, 0.717) is 6.04 Å². The molecule has 0 N–H and O–H groups in total. The van der Waals surface area contributed by atoms with Crippen LogP contribution in [0.15, 0.2) is 48.2 Å². The second-order valence-corrected chi connectivity index (χ2v) is 5.97. The first kappa shape index (κ1) is 13.2. The lowest BCUT2D eigenvalue weighted by molar-refractivity contribution is 0.252. The van der Waals surface area contributed by atoms with Crippen LogP contribution in [0.1, 0.15) is 24.1 Å². The third kappa shape index (κ3) is 2.71. The van der Waals surface area contributed by atoms with Gasteiger partial charge in [0, 0.05) is 31.2 Å². The van der Waals surface area contributed by atoms with Gasteiger partial charge in [-0.1, -0.05) is 6.07 Å². The molecule has 0 saturated heterocycles. The topological polar surface area (TPSA) is 29.0 Å². The minimum Gasteiger partial charge on any atom is -0.295 e. The van der Waals surface area contributed by atoms with Crippen LogP contribution in [0.5, 0.6) is 0 Å². The van der Waals surface area contributed by atoms with Crippen LogP contribution in [0.4, 0.5) is 0 Å². The first-order valence-corrected chi connectivity index (χ1v) is 7.54. The van der Waals surface area contributed by atoms with Gasteiger partial charge in [-0.15, -0.1) is 11.3 Å². The monoisotopic (exact) mass is 283 g/mol. The summed E-state index contributed by atoms with van der Waals surface area (Å²) in [6.07, 6.45) is 5.72. The molecular formula is C16H17N3S. The van der Waals surface area contributed by atoms with E-state index in [2.05, 4.69) is 52.4 Å². The van der Waals surface area contributed by atoms with Crippen molar-refractivity contribution in [1.29, 1.82) is 0 Å². The lowest BCUT2D eigenvalue weighted by Gasteiger charge is -2.24. The van der Waals surface area contributed by atoms with Crippen LogP contribution < -0.4 is 0 Å². The molecule has 0 aromatic carbocycles. The second-order valence-electron chi connectivity index (χ2n) is 5.02. The molecule has 0 amide bonds. The molecule has 0 saturated carbocycles. The Labute approximate surface area is 122 Å². The fourth-order valence-electron chi connectivity index (χ4n) is 2.28. The summed E-state index contributed by atoms with van der Waals surface area (Å²) < 4.78 is 1.25. The van der Waals surface area contributed by atoms with E-state index in [4.69, 9.17) is 0 Å². The molecule has 102 valence electrons. The standard InChI is InChI=1S/C16H17N3S/c1-12(14-4-3-6-17-10-14)19(2)11-13-8-16-15(18-9-13)5-7-20-16/h3-10,12H,11H2,1-2H3/t12-/m1/s1. The van der Waals surface area contributed by atoms with Gasteiger partial charge in [-0.25, -0.2) is 0 Å². The van der Waals surface area contributed by atoms with Crippen LogP contribution in [0.2, 0.25) is 0 Å². The number of aromatic nitrogens is 2. The second kappa shape index (κ2) is 5.69. The summed E-state index contributed by atoms with van der Waals surface area (Å²) in [6.45, 7) is 3.09. The van der Waals surface area contributed by atoms with Gasteiger partial charge >= 0.3 is 0 Å². The molecule has 0 bridgehead atoms. The van der Waals surface area contributed by atoms with Crippen LogP contribution in [-0.4, -0.2) is 21.9 Å². The Morgan fingerprint density at radius 1 is 1.30 bits per heavy atom. The van der Waals surface area contributed by atoms with Crippen LogP contribution >= 0.6 is 11.3 Å². The van der Waals surface area contributed by atoms with Crippen LogP contribution in [0.25, 0.3) is 10.2 Å². The average molecular weight is 283 g/mol. The smallest absolute Gasteiger partial charge is 0.0809 e. The number of fused-ring (bicyclic) bond motifs is 1. The van der Waals surface area contributed by atoms with Crippen molar-refractivity contribution in [2.24, 2.45) is 0 Å². The molecule has 3 aromatic heterocycles. The predicted molar refractivity (Wildman–Crippen MR) is 83.7 cm³/mol. The minimum absolute atomic E-state index is 0.336. The molecule has 0 fully saturated rings. The molecule has 3 nitrogen and oxygen atoms in total. The summed E-state index contributed by atoms with van der Waals surface area (Å²) in [7, 11) is 2.14. The van der Waals surface area contributed by atoms with Gasteiger partial charge in [0.1, 0.15) is 0 Å². The van der Waals surface area contributed by atoms with E-state index in [0.717, 1.165) is 12.1 Å². The van der Waals surface area contributed by atoms with Crippen molar-refractivity contribution in [3.8, 4) is 0 Å². The van der Waals surface area contributed by atoms with Crippen LogP contribution in [0, 0.1) is 0 Å². The van der Waals surface area contributed by atoms with E-state index < -0.39 is 0 Å². The van der Waals surface area contributed by atoms with E-state index >= 15 is 0 Å². The molecule has 0 spiro atoms. The Morgan fingerprint density at radius 3 is 3.00 bits per heavy atom. The highest BCUT2D eigenvalue weighted by molar-refractivity contribution is 7.17. The first-order valence-electron chi connectivity index (χ1n) is 6.66. The minimum atomic E-state index is 0.336. The highest BCUT2D eigenvalue weighted by atomic mass is 32.1. The zero-order chi connectivity index (χ0) is 13.9. The van der Waals surface area contributed by atoms with E-state index in [-0.39, 0.29) is 0 Å². The van der Waals surface area contributed by atoms with Gasteiger partial charge in [-0.05, 0) is 48.7 Å². The Morgan fingerprint density at radius 2 is 2.20 bits per heavy atom. The molecule has 0 aliphatic heterocycles. The lowest BCUT2D eigenvalue weighted by Crippen LogP contribution is -2.22. The fourth-order valence-corrected chi connectivity index (χ4v) is 3.08. The van der Waals surface area contributed by atoms with Gasteiger partial charge in [0.05, 0.1) is 10.2 Å². The van der Waals surface area contributed by atoms with Gasteiger partial charge in [-0.3, -0.25) is 14.9 Å². The number of nitrogens with zero attached hydrogens (tertiary/aromatic N) is 3. The van der Waals surface area contributed by atoms with Crippen molar-refractivity contribution in [2.75, 3.05) is 7.05 Å². The largest absolute Gasteiger partial charge is 0.295 e. The van der Waals surface area contributed by atoms with E-state index in [9.17, 15) is 0 Å². The summed E-state index contributed by atoms with van der Waals surface area (Å²) in [6, 6.07) is 8.74. The van der Waals surface area contributed by atoms with Crippen molar-refractivity contribution >= 4 is 21.6 Å². The maximum Gasteiger partial charge on any atom is 0.0809 e. The van der Waals surface area contributed by atoms with Gasteiger partial charge in [0.25, 0.3) is 0 Å². The third-order valence-corrected chi connectivity index (χ3v) is 4.47. The van der Waals surface area contributed by atoms with Crippen molar-refractivity contribution in [2.45, 2.75) is 19.5 Å². The summed E-state index contributed by atoms with van der Waals surface area (Å²) in [4.78, 5) is 11.0. The molecule has 0 aliphatic carbocycles. The SMILES string of the molecule is C[C@H](c1cccnc1)N(C)Cc1cnc2ccsc2c1. The predicted octanol–water partition coefficient (Wildman–Crippen LogP) is 3.88. The fraction of sp³-hybridized carbons (Fsp3) is 0.250. The molecule has 3 rings (SSSR count). The summed E-state index contributed by atoms with van der Waals surface area (Å²) >= 11 is 1.74. The molecule has 0 aliphatic rings. The van der Waals surface area contributed by atoms with Crippen molar-refractivity contribution in [3.05, 3.63) is 59.4 Å². The highest BCUT2D eigenvalue weighted by Gasteiger charge is 2.12. The maximum absolute atomic E-state index is 4.50. The van der Waals surface area contributed by atoms with Gasteiger partial charge < -0.3 is 0 Å². The number of thiophene rings is 1. The normalized spacial score (nSPS) is 12.9. The van der Waals surface area contributed by atoms with Crippen LogP contribution in [-0.2, 0) is 6.54 Å². The maximum atomic E-state index is 4.50. The molecule has 0 unspecified atom stereocenters. The lowest BCUT2D eigenvalue weighted by atomic mass is 10.1. The Hall–Kier alpha value is -1.78. The van der Waals surface area contributed by atoms with E-state index in [1.54, 1.807) is 11.3 Å². The molecule has 4 heteroatoms. The Balaban J connectivity index is 1.76. The van der Waals surface area contributed by atoms with E-state index in [1.165, 1.54) is 15.8 Å². The quantitative estimate of drug-likeness (QED) is 0.727. The summed E-state index contributed by atoms with van der Waals surface area (Å²) in [5, 5.41) is 2.09. The molecule has 20 heavy (non-hydrogen) atoms. The van der Waals surface area contributed by atoms with Gasteiger partial charge in [0.15, 0.2) is 0 Å². The number of hydrogen-bond donors (Lipinski definition) is 0. The zero-order valence-corrected chi connectivity index (χ0v) is 12.5. The summed E-state index contributed by atoms with van der Waals surface area (Å²) in [5.74, 6) is 0.